The van der Waals surface area contributed by atoms with Crippen molar-refractivity contribution in [2.24, 2.45) is 13.0 Å². The average Bonchev–Trinajstić information content (AvgIpc) is 3.35. The third kappa shape index (κ3) is 3.62. The Kier molecular flexibility index (Phi) is 5.55. The highest BCUT2D eigenvalue weighted by atomic mass is 16.5. The van der Waals surface area contributed by atoms with Gasteiger partial charge in [0.1, 0.15) is 5.82 Å². The third-order valence-corrected chi connectivity index (χ3v) is 6.63. The fourth-order valence-corrected chi connectivity index (χ4v) is 5.13. The Hall–Kier alpha value is -2.99. The molecule has 1 aliphatic rings. The zero-order chi connectivity index (χ0) is 22.2. The summed E-state index contributed by atoms with van der Waals surface area (Å²) in [6, 6.07) is 17.7. The van der Waals surface area contributed by atoms with Crippen molar-refractivity contribution in [2.45, 2.75) is 45.6 Å². The molecule has 1 atom stereocenters. The van der Waals surface area contributed by atoms with Gasteiger partial charge in [-0.05, 0) is 43.4 Å². The van der Waals surface area contributed by atoms with E-state index in [-0.39, 0.29) is 6.04 Å². The summed E-state index contributed by atoms with van der Waals surface area (Å²) >= 11 is 0. The van der Waals surface area contributed by atoms with Crippen LogP contribution in [0.3, 0.4) is 0 Å². The van der Waals surface area contributed by atoms with E-state index in [1.165, 1.54) is 11.1 Å². The van der Waals surface area contributed by atoms with Crippen molar-refractivity contribution in [3.8, 4) is 11.3 Å². The first-order valence-corrected chi connectivity index (χ1v) is 11.6. The SMILES string of the molecule is Cc1nnn(C)c1-c1ccc2nc(C(C)C)n(C(c3ccccc3)C3CCOCC3)c2c1. The van der Waals surface area contributed by atoms with Gasteiger partial charge in [-0.3, -0.25) is 0 Å². The van der Waals surface area contributed by atoms with Gasteiger partial charge in [-0.1, -0.05) is 55.5 Å². The Morgan fingerprint density at radius 1 is 1.03 bits per heavy atom. The number of aromatic nitrogens is 5. The van der Waals surface area contributed by atoms with Crippen molar-refractivity contribution in [3.05, 3.63) is 65.6 Å². The van der Waals surface area contributed by atoms with E-state index in [2.05, 4.69) is 77.3 Å². The first-order chi connectivity index (χ1) is 15.5. The summed E-state index contributed by atoms with van der Waals surface area (Å²) in [4.78, 5) is 5.11. The summed E-state index contributed by atoms with van der Waals surface area (Å²) in [6.07, 6.45) is 2.11. The molecule has 2 aromatic heterocycles. The molecule has 0 aliphatic carbocycles. The van der Waals surface area contributed by atoms with Crippen molar-refractivity contribution >= 4 is 11.0 Å². The number of benzene rings is 2. The van der Waals surface area contributed by atoms with E-state index in [1.54, 1.807) is 0 Å². The molecule has 1 unspecified atom stereocenters. The lowest BCUT2D eigenvalue weighted by atomic mass is 9.86. The Bertz CT molecular complexity index is 1200. The molecule has 6 nitrogen and oxygen atoms in total. The van der Waals surface area contributed by atoms with E-state index in [9.17, 15) is 0 Å². The molecule has 166 valence electrons. The van der Waals surface area contributed by atoms with Gasteiger partial charge in [-0.25, -0.2) is 9.67 Å². The molecule has 0 radical (unpaired) electrons. The van der Waals surface area contributed by atoms with Crippen molar-refractivity contribution in [3.63, 3.8) is 0 Å². The predicted molar refractivity (Wildman–Crippen MR) is 127 cm³/mol. The molecule has 6 heteroatoms. The smallest absolute Gasteiger partial charge is 0.113 e. The van der Waals surface area contributed by atoms with Crippen LogP contribution in [0.2, 0.25) is 0 Å². The van der Waals surface area contributed by atoms with E-state index in [1.807, 2.05) is 18.7 Å². The van der Waals surface area contributed by atoms with E-state index in [0.29, 0.717) is 11.8 Å². The average molecular weight is 430 g/mol. The third-order valence-electron chi connectivity index (χ3n) is 6.63. The number of nitrogens with zero attached hydrogens (tertiary/aromatic N) is 5. The minimum absolute atomic E-state index is 0.225. The molecule has 4 aromatic rings. The molecule has 0 amide bonds. The van der Waals surface area contributed by atoms with E-state index >= 15 is 0 Å². The number of imidazole rings is 1. The first-order valence-electron chi connectivity index (χ1n) is 11.6. The van der Waals surface area contributed by atoms with E-state index in [4.69, 9.17) is 9.72 Å². The Balaban J connectivity index is 1.75. The fraction of sp³-hybridized carbons (Fsp3) is 0.423. The van der Waals surface area contributed by atoms with Crippen LogP contribution in [0, 0.1) is 12.8 Å². The second-order valence-electron chi connectivity index (χ2n) is 9.15. The fourth-order valence-electron chi connectivity index (χ4n) is 5.13. The van der Waals surface area contributed by atoms with Gasteiger partial charge in [0.15, 0.2) is 0 Å². The van der Waals surface area contributed by atoms with Crippen molar-refractivity contribution in [1.82, 2.24) is 24.5 Å². The number of fused-ring (bicyclic) bond motifs is 1. The van der Waals surface area contributed by atoms with Crippen LogP contribution in [0.15, 0.2) is 48.5 Å². The first kappa shape index (κ1) is 20.9. The molecule has 5 rings (SSSR count). The zero-order valence-corrected chi connectivity index (χ0v) is 19.3. The standard InChI is InChI=1S/C26H31N5O/c1-17(2)26-27-22-11-10-21(24-18(3)28-29-30(24)4)16-23(22)31(26)25(19-8-6-5-7-9-19)20-12-14-32-15-13-20/h5-11,16-17,20,25H,12-15H2,1-4H3. The summed E-state index contributed by atoms with van der Waals surface area (Å²) in [7, 11) is 1.95. The number of hydrogen-bond donors (Lipinski definition) is 0. The van der Waals surface area contributed by atoms with Crippen LogP contribution in [-0.4, -0.2) is 37.8 Å². The van der Waals surface area contributed by atoms with E-state index < -0.39 is 0 Å². The lowest BCUT2D eigenvalue weighted by molar-refractivity contribution is 0.0543. The molecule has 32 heavy (non-hydrogen) atoms. The molecule has 0 N–H and O–H groups in total. The highest BCUT2D eigenvalue weighted by Crippen LogP contribution is 2.39. The number of aryl methyl sites for hydroxylation is 2. The number of rotatable bonds is 5. The van der Waals surface area contributed by atoms with Gasteiger partial charge in [0.05, 0.1) is 28.5 Å². The second-order valence-corrected chi connectivity index (χ2v) is 9.15. The highest BCUT2D eigenvalue weighted by Gasteiger charge is 2.31. The number of hydrogen-bond acceptors (Lipinski definition) is 4. The van der Waals surface area contributed by atoms with Crippen LogP contribution in [-0.2, 0) is 11.8 Å². The van der Waals surface area contributed by atoms with Crippen LogP contribution in [0.4, 0.5) is 0 Å². The normalized spacial score (nSPS) is 16.2. The molecular weight excluding hydrogens is 398 g/mol. The maximum absolute atomic E-state index is 5.72. The number of ether oxygens (including phenoxy) is 1. The zero-order valence-electron chi connectivity index (χ0n) is 19.3. The van der Waals surface area contributed by atoms with Crippen LogP contribution < -0.4 is 0 Å². The maximum Gasteiger partial charge on any atom is 0.113 e. The molecule has 0 saturated carbocycles. The lowest BCUT2D eigenvalue weighted by Crippen LogP contribution is -2.28. The van der Waals surface area contributed by atoms with Gasteiger partial charge in [-0.2, -0.15) is 0 Å². The molecule has 0 bridgehead atoms. The topological polar surface area (TPSA) is 57.8 Å². The summed E-state index contributed by atoms with van der Waals surface area (Å²) in [6.45, 7) is 8.13. The quantitative estimate of drug-likeness (QED) is 0.433. The van der Waals surface area contributed by atoms with Crippen LogP contribution in [0.1, 0.15) is 55.7 Å². The molecule has 1 aliphatic heterocycles. The minimum Gasteiger partial charge on any atom is -0.381 e. The van der Waals surface area contributed by atoms with Gasteiger partial charge in [0, 0.05) is 31.7 Å². The van der Waals surface area contributed by atoms with Crippen molar-refractivity contribution < 1.29 is 4.74 Å². The molecule has 0 spiro atoms. The molecule has 1 fully saturated rings. The second kappa shape index (κ2) is 8.51. The van der Waals surface area contributed by atoms with Gasteiger partial charge in [0.2, 0.25) is 0 Å². The minimum atomic E-state index is 0.225. The summed E-state index contributed by atoms with van der Waals surface area (Å²) in [5, 5.41) is 8.48. The van der Waals surface area contributed by atoms with Gasteiger partial charge >= 0.3 is 0 Å². The summed E-state index contributed by atoms with van der Waals surface area (Å²) in [5.74, 6) is 1.96. The molecular formula is C26H31N5O. The molecule has 3 heterocycles. The summed E-state index contributed by atoms with van der Waals surface area (Å²) < 4.78 is 10.1. The van der Waals surface area contributed by atoms with Gasteiger partial charge in [-0.15, -0.1) is 5.10 Å². The van der Waals surface area contributed by atoms with Crippen LogP contribution in [0.5, 0.6) is 0 Å². The lowest BCUT2D eigenvalue weighted by Gasteiger charge is -2.33. The van der Waals surface area contributed by atoms with Crippen LogP contribution in [0.25, 0.3) is 22.3 Å². The largest absolute Gasteiger partial charge is 0.381 e. The Morgan fingerprint density at radius 2 is 1.78 bits per heavy atom. The van der Waals surface area contributed by atoms with Gasteiger partial charge in [0.25, 0.3) is 0 Å². The highest BCUT2D eigenvalue weighted by molar-refractivity contribution is 5.83. The predicted octanol–water partition coefficient (Wildman–Crippen LogP) is 5.28. The van der Waals surface area contributed by atoms with Crippen molar-refractivity contribution in [1.29, 1.82) is 0 Å². The summed E-state index contributed by atoms with van der Waals surface area (Å²) in [5.41, 5.74) is 6.66. The van der Waals surface area contributed by atoms with E-state index in [0.717, 1.165) is 54.3 Å². The molecule has 2 aromatic carbocycles. The Morgan fingerprint density at radius 3 is 2.44 bits per heavy atom. The monoisotopic (exact) mass is 429 g/mol. The Labute approximate surface area is 189 Å². The van der Waals surface area contributed by atoms with Crippen LogP contribution >= 0.6 is 0 Å². The van der Waals surface area contributed by atoms with Gasteiger partial charge < -0.3 is 9.30 Å². The van der Waals surface area contributed by atoms with Crippen molar-refractivity contribution in [2.75, 3.05) is 13.2 Å². The maximum atomic E-state index is 5.72. The molecule has 1 saturated heterocycles.